The Labute approximate surface area is 173 Å². The van der Waals surface area contributed by atoms with Crippen LogP contribution in [0.15, 0.2) is 78.0 Å². The molecule has 0 aliphatic carbocycles. The molecule has 0 bridgehead atoms. The van der Waals surface area contributed by atoms with Crippen LogP contribution < -0.4 is 15.4 Å². The first-order chi connectivity index (χ1) is 14.2. The summed E-state index contributed by atoms with van der Waals surface area (Å²) in [5, 5.41) is 6.49. The molecule has 0 spiro atoms. The zero-order chi connectivity index (χ0) is 20.5. The lowest BCUT2D eigenvalue weighted by Crippen LogP contribution is -2.25. The number of hydrogen-bond acceptors (Lipinski definition) is 5. The molecule has 3 rings (SSSR count). The third-order valence-corrected chi connectivity index (χ3v) is 4.97. The number of nitrogens with one attached hydrogen (secondary N) is 2. The second-order valence-electron chi connectivity index (χ2n) is 6.04. The van der Waals surface area contributed by atoms with E-state index in [9.17, 15) is 9.59 Å². The van der Waals surface area contributed by atoms with Gasteiger partial charge in [0.25, 0.3) is 11.8 Å². The van der Waals surface area contributed by atoms with Crippen LogP contribution >= 0.6 is 11.8 Å². The Morgan fingerprint density at radius 1 is 0.931 bits per heavy atom. The lowest BCUT2D eigenvalue weighted by atomic mass is 10.2. The summed E-state index contributed by atoms with van der Waals surface area (Å²) in [6.45, 7) is 0.507. The maximum atomic E-state index is 12.2. The number of pyridine rings is 1. The molecular formula is C22H21N3O3S. The summed E-state index contributed by atoms with van der Waals surface area (Å²) in [5.41, 5.74) is 1.82. The van der Waals surface area contributed by atoms with Crippen molar-refractivity contribution in [2.45, 2.75) is 5.03 Å². The van der Waals surface area contributed by atoms with Gasteiger partial charge in [-0.3, -0.25) is 9.59 Å². The van der Waals surface area contributed by atoms with Gasteiger partial charge in [-0.1, -0.05) is 18.2 Å². The van der Waals surface area contributed by atoms with Crippen LogP contribution in [0.5, 0.6) is 5.75 Å². The number of aromatic nitrogens is 1. The quantitative estimate of drug-likeness (QED) is 0.438. The molecule has 0 saturated carbocycles. The summed E-state index contributed by atoms with van der Waals surface area (Å²) in [4.78, 5) is 28.6. The minimum atomic E-state index is -0.202. The van der Waals surface area contributed by atoms with Crippen molar-refractivity contribution in [3.05, 3.63) is 84.1 Å². The first kappa shape index (κ1) is 20.4. The fourth-order valence-corrected chi connectivity index (χ4v) is 3.19. The van der Waals surface area contributed by atoms with E-state index in [4.69, 9.17) is 4.74 Å². The van der Waals surface area contributed by atoms with Gasteiger partial charge in [-0.2, -0.15) is 0 Å². The van der Waals surface area contributed by atoms with Gasteiger partial charge in [0.05, 0.1) is 17.7 Å². The zero-order valence-corrected chi connectivity index (χ0v) is 16.7. The average Bonchev–Trinajstić information content (AvgIpc) is 2.77. The second-order valence-corrected chi connectivity index (χ2v) is 7.15. The van der Waals surface area contributed by atoms with Gasteiger partial charge in [0.1, 0.15) is 5.75 Å². The molecular weight excluding hydrogens is 386 g/mol. The lowest BCUT2D eigenvalue weighted by molar-refractivity contribution is 0.0955. The largest absolute Gasteiger partial charge is 0.497 e. The number of hydrogen-bond donors (Lipinski definition) is 2. The zero-order valence-electron chi connectivity index (χ0n) is 15.9. The normalized spacial score (nSPS) is 10.2. The van der Waals surface area contributed by atoms with E-state index in [1.807, 2.05) is 30.3 Å². The van der Waals surface area contributed by atoms with Gasteiger partial charge in [0.2, 0.25) is 0 Å². The molecule has 0 aliphatic heterocycles. The predicted octanol–water partition coefficient (Wildman–Crippen LogP) is 3.86. The first-order valence-corrected chi connectivity index (χ1v) is 10.0. The highest BCUT2D eigenvalue weighted by molar-refractivity contribution is 7.99. The molecule has 1 heterocycles. The van der Waals surface area contributed by atoms with Crippen LogP contribution in [0.4, 0.5) is 5.69 Å². The summed E-state index contributed by atoms with van der Waals surface area (Å²) in [7, 11) is 1.59. The van der Waals surface area contributed by atoms with Crippen molar-refractivity contribution in [1.29, 1.82) is 0 Å². The van der Waals surface area contributed by atoms with Gasteiger partial charge in [-0.05, 0) is 48.5 Å². The summed E-state index contributed by atoms with van der Waals surface area (Å²) in [6.07, 6.45) is 1.55. The first-order valence-electron chi connectivity index (χ1n) is 9.03. The lowest BCUT2D eigenvalue weighted by Gasteiger charge is -2.07. The van der Waals surface area contributed by atoms with E-state index in [0.29, 0.717) is 29.2 Å². The molecule has 2 N–H and O–H groups in total. The number of nitrogens with zero attached hydrogens (tertiary/aromatic N) is 1. The van der Waals surface area contributed by atoms with Crippen molar-refractivity contribution in [2.75, 3.05) is 24.7 Å². The van der Waals surface area contributed by atoms with Crippen LogP contribution in [0.25, 0.3) is 0 Å². The molecule has 0 fully saturated rings. The molecule has 148 valence electrons. The molecule has 0 saturated heterocycles. The molecule has 6 nitrogen and oxygen atoms in total. The van der Waals surface area contributed by atoms with E-state index in [1.165, 1.54) is 11.8 Å². The van der Waals surface area contributed by atoms with Crippen molar-refractivity contribution >= 4 is 29.3 Å². The summed E-state index contributed by atoms with van der Waals surface area (Å²) in [6, 6.07) is 19.8. The number of para-hydroxylation sites is 1. The highest BCUT2D eigenvalue weighted by Gasteiger charge is 2.08. The van der Waals surface area contributed by atoms with Crippen LogP contribution in [-0.4, -0.2) is 36.2 Å². The third-order valence-electron chi connectivity index (χ3n) is 4.02. The fraction of sp³-hybridized carbons (Fsp3) is 0.136. The number of carbonyl (C=O) groups excluding carboxylic acids is 2. The van der Waals surface area contributed by atoms with Crippen LogP contribution in [0.3, 0.4) is 0 Å². The summed E-state index contributed by atoms with van der Waals surface area (Å²) in [5.74, 6) is 1.05. The van der Waals surface area contributed by atoms with Gasteiger partial charge in [0, 0.05) is 29.7 Å². The van der Waals surface area contributed by atoms with Gasteiger partial charge < -0.3 is 15.4 Å². The van der Waals surface area contributed by atoms with Crippen LogP contribution in [-0.2, 0) is 0 Å². The maximum Gasteiger partial charge on any atom is 0.257 e. The van der Waals surface area contributed by atoms with E-state index in [-0.39, 0.29) is 11.8 Å². The van der Waals surface area contributed by atoms with Crippen molar-refractivity contribution in [3.63, 3.8) is 0 Å². The maximum absolute atomic E-state index is 12.2. The van der Waals surface area contributed by atoms with Crippen LogP contribution in [0, 0.1) is 0 Å². The van der Waals surface area contributed by atoms with E-state index < -0.39 is 0 Å². The summed E-state index contributed by atoms with van der Waals surface area (Å²) >= 11 is 1.51. The van der Waals surface area contributed by atoms with Crippen LogP contribution in [0.1, 0.15) is 20.7 Å². The Kier molecular flexibility index (Phi) is 7.24. The Morgan fingerprint density at radius 2 is 1.66 bits per heavy atom. The molecule has 0 atom stereocenters. The fourth-order valence-electron chi connectivity index (χ4n) is 2.49. The van der Waals surface area contributed by atoms with Crippen molar-refractivity contribution in [1.82, 2.24) is 10.3 Å². The SMILES string of the molecule is COc1ccc(C(=O)NCCSc2ccc(C(=O)Nc3ccccc3)cn2)cc1. The number of benzene rings is 2. The van der Waals surface area contributed by atoms with E-state index in [1.54, 1.807) is 49.7 Å². The minimum Gasteiger partial charge on any atom is -0.497 e. The Bertz CT molecular complexity index is 945. The smallest absolute Gasteiger partial charge is 0.257 e. The molecule has 29 heavy (non-hydrogen) atoms. The molecule has 3 aromatic rings. The second kappa shape index (κ2) is 10.3. The number of rotatable bonds is 8. The average molecular weight is 407 g/mol. The highest BCUT2D eigenvalue weighted by Crippen LogP contribution is 2.16. The highest BCUT2D eigenvalue weighted by atomic mass is 32.2. The minimum absolute atomic E-state index is 0.130. The molecule has 0 aliphatic rings. The topological polar surface area (TPSA) is 80.3 Å². The molecule has 2 aromatic carbocycles. The van der Waals surface area contributed by atoms with Crippen molar-refractivity contribution in [3.8, 4) is 5.75 Å². The van der Waals surface area contributed by atoms with Crippen molar-refractivity contribution in [2.24, 2.45) is 0 Å². The van der Waals surface area contributed by atoms with E-state index in [0.717, 1.165) is 10.7 Å². The molecule has 1 aromatic heterocycles. The number of carbonyl (C=O) groups is 2. The van der Waals surface area contributed by atoms with Gasteiger partial charge >= 0.3 is 0 Å². The Hall–Kier alpha value is -3.32. The molecule has 7 heteroatoms. The molecule has 0 unspecified atom stereocenters. The van der Waals surface area contributed by atoms with Gasteiger partial charge in [-0.15, -0.1) is 11.8 Å². The molecule has 0 radical (unpaired) electrons. The summed E-state index contributed by atoms with van der Waals surface area (Å²) < 4.78 is 5.08. The third kappa shape index (κ3) is 6.08. The van der Waals surface area contributed by atoms with E-state index >= 15 is 0 Å². The number of methoxy groups -OCH3 is 1. The molecule has 2 amide bonds. The Morgan fingerprint density at radius 3 is 2.31 bits per heavy atom. The van der Waals surface area contributed by atoms with Gasteiger partial charge in [-0.25, -0.2) is 4.98 Å². The standard InChI is InChI=1S/C22H21N3O3S/c1-28-19-10-7-16(8-11-19)21(26)23-13-14-29-20-12-9-17(15-24-20)22(27)25-18-5-3-2-4-6-18/h2-12,15H,13-14H2,1H3,(H,23,26)(H,25,27). The predicted molar refractivity (Wildman–Crippen MR) is 115 cm³/mol. The van der Waals surface area contributed by atoms with Gasteiger partial charge in [0.15, 0.2) is 0 Å². The monoisotopic (exact) mass is 407 g/mol. The van der Waals surface area contributed by atoms with Crippen LogP contribution in [0.2, 0.25) is 0 Å². The number of anilines is 1. The Balaban J connectivity index is 1.42. The van der Waals surface area contributed by atoms with E-state index in [2.05, 4.69) is 15.6 Å². The number of thioether (sulfide) groups is 1. The number of amides is 2. The number of ether oxygens (including phenoxy) is 1. The van der Waals surface area contributed by atoms with Crippen molar-refractivity contribution < 1.29 is 14.3 Å².